The number of carbonyl (C=O) groups excluding carboxylic acids is 1. The van der Waals surface area contributed by atoms with E-state index in [-0.39, 0.29) is 17.5 Å². The molecular weight excluding hydrogens is 467 g/mol. The third-order valence-corrected chi connectivity index (χ3v) is 7.30. The minimum Gasteiger partial charge on any atom is -0.389 e. The Balaban J connectivity index is 1.45. The van der Waals surface area contributed by atoms with E-state index in [0.29, 0.717) is 6.42 Å². The molecule has 1 unspecified atom stereocenters. The van der Waals surface area contributed by atoms with Crippen LogP contribution >= 0.6 is 11.3 Å². The van der Waals surface area contributed by atoms with Crippen LogP contribution in [-0.2, 0) is 11.2 Å². The normalized spacial score (nSPS) is 15.8. The van der Waals surface area contributed by atoms with Gasteiger partial charge >= 0.3 is 0 Å². The summed E-state index contributed by atoms with van der Waals surface area (Å²) in [6.45, 7) is 3.22. The molecule has 1 aliphatic rings. The van der Waals surface area contributed by atoms with Crippen LogP contribution < -0.4 is 9.80 Å². The fraction of sp³-hybridized carbons (Fsp3) is 0.360. The Morgan fingerprint density at radius 1 is 1.23 bits per heavy atom. The summed E-state index contributed by atoms with van der Waals surface area (Å²) in [5.41, 5.74) is 3.33. The number of rotatable bonds is 8. The molecule has 0 amide bonds. The Bertz CT molecular complexity index is 1350. The van der Waals surface area contributed by atoms with E-state index in [4.69, 9.17) is 20.2 Å². The zero-order valence-electron chi connectivity index (χ0n) is 19.7. The minimum absolute atomic E-state index is 0.116. The average molecular weight is 495 g/mol. The number of ketones is 1. The number of carbonyl (C=O) groups is 1. The van der Waals surface area contributed by atoms with Crippen molar-refractivity contribution < 1.29 is 14.3 Å². The van der Waals surface area contributed by atoms with Gasteiger partial charge < -0.3 is 14.9 Å². The van der Waals surface area contributed by atoms with Crippen molar-refractivity contribution in [3.05, 3.63) is 53.3 Å². The SMILES string of the molecule is CCc1nc2ccc(N3CCC(CC(=O)CO)C3)nn2c1N(C)c1nc(-c2ccc(F)cc2)cs1. The Hall–Kier alpha value is -3.37. The predicted molar refractivity (Wildman–Crippen MR) is 135 cm³/mol. The lowest BCUT2D eigenvalue weighted by molar-refractivity contribution is -0.122. The number of imidazole rings is 1. The number of hydrogen-bond donors (Lipinski definition) is 1. The quantitative estimate of drug-likeness (QED) is 0.395. The van der Waals surface area contributed by atoms with Crippen LogP contribution in [-0.4, -0.2) is 57.2 Å². The fourth-order valence-electron chi connectivity index (χ4n) is 4.56. The topological polar surface area (TPSA) is 86.9 Å². The van der Waals surface area contributed by atoms with Crippen LogP contribution in [0.4, 0.5) is 21.2 Å². The first-order valence-corrected chi connectivity index (χ1v) is 12.6. The number of aryl methyl sites for hydroxylation is 1. The summed E-state index contributed by atoms with van der Waals surface area (Å²) in [5, 5.41) is 16.7. The average Bonchev–Trinajstić information content (AvgIpc) is 3.62. The van der Waals surface area contributed by atoms with Gasteiger partial charge in [-0.25, -0.2) is 14.4 Å². The Kier molecular flexibility index (Phi) is 6.48. The van der Waals surface area contributed by atoms with Gasteiger partial charge in [-0.1, -0.05) is 6.92 Å². The molecule has 5 rings (SSSR count). The zero-order chi connectivity index (χ0) is 24.5. The maximum absolute atomic E-state index is 13.3. The van der Waals surface area contributed by atoms with Gasteiger partial charge in [0.1, 0.15) is 18.2 Å². The lowest BCUT2D eigenvalue weighted by Crippen LogP contribution is -2.23. The number of halogens is 1. The molecule has 182 valence electrons. The molecule has 0 bridgehead atoms. The molecule has 1 aliphatic heterocycles. The second-order valence-electron chi connectivity index (χ2n) is 8.78. The third-order valence-electron chi connectivity index (χ3n) is 6.38. The third kappa shape index (κ3) is 4.63. The van der Waals surface area contributed by atoms with E-state index in [2.05, 4.69) is 11.8 Å². The highest BCUT2D eigenvalue weighted by molar-refractivity contribution is 7.14. The molecule has 0 radical (unpaired) electrons. The molecule has 10 heteroatoms. The summed E-state index contributed by atoms with van der Waals surface area (Å²) >= 11 is 1.51. The van der Waals surface area contributed by atoms with E-state index in [0.717, 1.165) is 65.3 Å². The van der Waals surface area contributed by atoms with E-state index in [9.17, 15) is 9.18 Å². The summed E-state index contributed by atoms with van der Waals surface area (Å²) in [7, 11) is 1.95. The highest BCUT2D eigenvalue weighted by Gasteiger charge is 2.27. The van der Waals surface area contributed by atoms with Crippen molar-refractivity contribution in [1.82, 2.24) is 19.6 Å². The van der Waals surface area contributed by atoms with Crippen LogP contribution in [0.5, 0.6) is 0 Å². The van der Waals surface area contributed by atoms with Gasteiger partial charge in [-0.15, -0.1) is 16.4 Å². The maximum Gasteiger partial charge on any atom is 0.191 e. The first-order valence-electron chi connectivity index (χ1n) is 11.7. The molecule has 1 N–H and O–H groups in total. The molecule has 1 aromatic carbocycles. The fourth-order valence-corrected chi connectivity index (χ4v) is 5.36. The monoisotopic (exact) mass is 494 g/mol. The van der Waals surface area contributed by atoms with Gasteiger partial charge in [0.25, 0.3) is 0 Å². The molecule has 1 atom stereocenters. The van der Waals surface area contributed by atoms with Crippen LogP contribution in [0.2, 0.25) is 0 Å². The molecule has 3 aromatic heterocycles. The van der Waals surface area contributed by atoms with Crippen molar-refractivity contribution in [2.45, 2.75) is 26.2 Å². The second-order valence-corrected chi connectivity index (χ2v) is 9.62. The number of thiazole rings is 1. The number of aliphatic hydroxyl groups excluding tert-OH is 1. The summed E-state index contributed by atoms with van der Waals surface area (Å²) in [5.74, 6) is 1.52. The molecule has 1 fully saturated rings. The van der Waals surface area contributed by atoms with Gasteiger partial charge in [0.15, 0.2) is 22.4 Å². The minimum atomic E-state index is -0.398. The van der Waals surface area contributed by atoms with E-state index in [1.165, 1.54) is 23.5 Å². The summed E-state index contributed by atoms with van der Waals surface area (Å²) in [4.78, 5) is 25.4. The van der Waals surface area contributed by atoms with E-state index >= 15 is 0 Å². The largest absolute Gasteiger partial charge is 0.389 e. The number of nitrogens with zero attached hydrogens (tertiary/aromatic N) is 6. The first kappa shape index (κ1) is 23.4. The number of Topliss-reactive ketones (excluding diaryl/α,β-unsaturated/α-hetero) is 1. The highest BCUT2D eigenvalue weighted by atomic mass is 32.1. The Morgan fingerprint density at radius 2 is 2.03 bits per heavy atom. The smallest absolute Gasteiger partial charge is 0.191 e. The molecular formula is C25H27FN6O2S. The van der Waals surface area contributed by atoms with Crippen molar-refractivity contribution in [2.75, 3.05) is 36.5 Å². The van der Waals surface area contributed by atoms with E-state index < -0.39 is 6.61 Å². The summed E-state index contributed by atoms with van der Waals surface area (Å²) < 4.78 is 15.2. The van der Waals surface area contributed by atoms with Gasteiger partial charge in [-0.3, -0.25) is 4.79 Å². The molecule has 0 saturated carbocycles. The van der Waals surface area contributed by atoms with Gasteiger partial charge in [0.2, 0.25) is 0 Å². The molecule has 0 spiro atoms. The maximum atomic E-state index is 13.3. The molecule has 8 nitrogen and oxygen atoms in total. The van der Waals surface area contributed by atoms with Crippen molar-refractivity contribution in [2.24, 2.45) is 5.92 Å². The van der Waals surface area contributed by atoms with Crippen LogP contribution in [0.25, 0.3) is 16.9 Å². The summed E-state index contributed by atoms with van der Waals surface area (Å²) in [6, 6.07) is 10.3. The van der Waals surface area contributed by atoms with Crippen LogP contribution in [0.3, 0.4) is 0 Å². The van der Waals surface area contributed by atoms with Crippen molar-refractivity contribution in [3.63, 3.8) is 0 Å². The first-order chi connectivity index (χ1) is 17.0. The van der Waals surface area contributed by atoms with Crippen molar-refractivity contribution >= 4 is 39.5 Å². The van der Waals surface area contributed by atoms with Crippen LogP contribution in [0.1, 0.15) is 25.5 Å². The van der Waals surface area contributed by atoms with Gasteiger partial charge in [-0.2, -0.15) is 4.52 Å². The van der Waals surface area contributed by atoms with E-state index in [1.807, 2.05) is 34.0 Å². The number of aliphatic hydroxyl groups is 1. The van der Waals surface area contributed by atoms with Crippen molar-refractivity contribution in [1.29, 1.82) is 0 Å². The molecule has 35 heavy (non-hydrogen) atoms. The lowest BCUT2D eigenvalue weighted by Gasteiger charge is -2.19. The highest BCUT2D eigenvalue weighted by Crippen LogP contribution is 2.34. The second kappa shape index (κ2) is 9.71. The van der Waals surface area contributed by atoms with Gasteiger partial charge in [0.05, 0.1) is 11.4 Å². The number of anilines is 3. The standard InChI is InChI=1S/C25H27FN6O2S/c1-3-20-24(30(2)25-28-21(15-35-25)17-4-6-18(26)7-5-17)32-22(27-20)8-9-23(29-32)31-11-10-16(13-31)12-19(34)14-33/h4-9,15-16,33H,3,10-14H2,1-2H3. The molecule has 0 aliphatic carbocycles. The lowest BCUT2D eigenvalue weighted by atomic mass is 10.0. The van der Waals surface area contributed by atoms with E-state index in [1.54, 1.807) is 12.1 Å². The molecule has 4 aromatic rings. The number of fused-ring (bicyclic) bond motifs is 1. The number of benzene rings is 1. The molecule has 4 heterocycles. The van der Waals surface area contributed by atoms with Gasteiger partial charge in [0, 0.05) is 37.5 Å². The number of aromatic nitrogens is 4. The Labute approximate surface area is 206 Å². The number of hydrogen-bond acceptors (Lipinski definition) is 8. The summed E-state index contributed by atoms with van der Waals surface area (Å²) in [6.07, 6.45) is 2.03. The van der Waals surface area contributed by atoms with Crippen LogP contribution in [0, 0.1) is 11.7 Å². The Morgan fingerprint density at radius 3 is 2.77 bits per heavy atom. The van der Waals surface area contributed by atoms with Crippen LogP contribution in [0.15, 0.2) is 41.8 Å². The molecule has 1 saturated heterocycles. The zero-order valence-corrected chi connectivity index (χ0v) is 20.5. The predicted octanol–water partition coefficient (Wildman–Crippen LogP) is 4.10. The van der Waals surface area contributed by atoms with Gasteiger partial charge in [-0.05, 0) is 55.2 Å². The van der Waals surface area contributed by atoms with Crippen molar-refractivity contribution in [3.8, 4) is 11.3 Å².